The average Bonchev–Trinajstić information content (AvgIpc) is 1.87. The van der Waals surface area contributed by atoms with E-state index in [2.05, 4.69) is 4.74 Å². The van der Waals surface area contributed by atoms with Crippen LogP contribution in [0.4, 0.5) is 0 Å². The van der Waals surface area contributed by atoms with Crippen molar-refractivity contribution in [3.8, 4) is 0 Å². The van der Waals surface area contributed by atoms with Crippen LogP contribution >= 0.6 is 0 Å². The SMILES string of the molecule is CCN(O)CC(=O)OC. The Morgan fingerprint density at radius 1 is 1.78 bits per heavy atom. The molecule has 0 atom stereocenters. The topological polar surface area (TPSA) is 49.8 Å². The first-order chi connectivity index (χ1) is 4.20. The summed E-state index contributed by atoms with van der Waals surface area (Å²) in [5.41, 5.74) is 0. The molecule has 0 aromatic rings. The molecule has 0 bridgehead atoms. The fourth-order valence-electron chi connectivity index (χ4n) is 0.325. The molecule has 54 valence electrons. The Balaban J connectivity index is 3.34. The predicted molar refractivity (Wildman–Crippen MR) is 31.0 cm³/mol. The van der Waals surface area contributed by atoms with Crippen LogP contribution in [0.15, 0.2) is 0 Å². The molecule has 0 aliphatic rings. The Bertz CT molecular complexity index is 94.2. The number of methoxy groups -OCH3 is 1. The van der Waals surface area contributed by atoms with E-state index >= 15 is 0 Å². The van der Waals surface area contributed by atoms with E-state index in [-0.39, 0.29) is 6.54 Å². The maximum Gasteiger partial charge on any atom is 0.322 e. The summed E-state index contributed by atoms with van der Waals surface area (Å²) >= 11 is 0. The summed E-state index contributed by atoms with van der Waals surface area (Å²) in [7, 11) is 1.28. The van der Waals surface area contributed by atoms with E-state index in [1.54, 1.807) is 6.92 Å². The first-order valence-corrected chi connectivity index (χ1v) is 2.71. The Kier molecular flexibility index (Phi) is 4.00. The van der Waals surface area contributed by atoms with Crippen molar-refractivity contribution < 1.29 is 14.7 Å². The van der Waals surface area contributed by atoms with E-state index in [0.717, 1.165) is 5.06 Å². The molecule has 0 saturated carbocycles. The number of rotatable bonds is 3. The molecule has 0 radical (unpaired) electrons. The molecule has 0 aliphatic carbocycles. The molecule has 0 aromatic heterocycles. The first-order valence-electron chi connectivity index (χ1n) is 2.71. The maximum atomic E-state index is 10.4. The Morgan fingerprint density at radius 2 is 2.33 bits per heavy atom. The number of likely N-dealkylation sites (N-methyl/N-ethyl adjacent to an activating group) is 1. The number of hydrogen-bond acceptors (Lipinski definition) is 4. The summed E-state index contributed by atoms with van der Waals surface area (Å²) in [6.45, 7) is 2.10. The van der Waals surface area contributed by atoms with Crippen molar-refractivity contribution in [2.75, 3.05) is 20.2 Å². The van der Waals surface area contributed by atoms with Crippen molar-refractivity contribution >= 4 is 5.97 Å². The predicted octanol–water partition coefficient (Wildman–Crippen LogP) is -0.130. The summed E-state index contributed by atoms with van der Waals surface area (Å²) in [6, 6.07) is 0. The zero-order valence-electron chi connectivity index (χ0n) is 5.63. The minimum atomic E-state index is -0.431. The smallest absolute Gasteiger partial charge is 0.322 e. The van der Waals surface area contributed by atoms with E-state index in [1.165, 1.54) is 7.11 Å². The van der Waals surface area contributed by atoms with Gasteiger partial charge in [0, 0.05) is 6.54 Å². The molecule has 4 nitrogen and oxygen atoms in total. The van der Waals surface area contributed by atoms with Crippen LogP contribution in [0.3, 0.4) is 0 Å². The van der Waals surface area contributed by atoms with Crippen LogP contribution in [0.5, 0.6) is 0 Å². The summed E-state index contributed by atoms with van der Waals surface area (Å²) < 4.78 is 4.28. The number of nitrogens with zero attached hydrogens (tertiary/aromatic N) is 1. The highest BCUT2D eigenvalue weighted by Crippen LogP contribution is 1.80. The highest BCUT2D eigenvalue weighted by molar-refractivity contribution is 5.71. The molecule has 0 unspecified atom stereocenters. The molecule has 0 rings (SSSR count). The number of hydroxylamine groups is 2. The number of esters is 1. The van der Waals surface area contributed by atoms with Gasteiger partial charge in [0.05, 0.1) is 7.11 Å². The molecular formula is C5H11NO3. The van der Waals surface area contributed by atoms with Crippen LogP contribution in [0.1, 0.15) is 6.92 Å². The van der Waals surface area contributed by atoms with E-state index < -0.39 is 5.97 Å². The minimum Gasteiger partial charge on any atom is -0.468 e. The highest BCUT2D eigenvalue weighted by Gasteiger charge is 2.03. The summed E-state index contributed by atoms with van der Waals surface area (Å²) in [5, 5.41) is 9.57. The molecule has 4 heteroatoms. The maximum absolute atomic E-state index is 10.4. The highest BCUT2D eigenvalue weighted by atomic mass is 16.5. The van der Waals surface area contributed by atoms with Gasteiger partial charge < -0.3 is 9.94 Å². The van der Waals surface area contributed by atoms with E-state index in [1.807, 2.05) is 0 Å². The van der Waals surface area contributed by atoms with Crippen molar-refractivity contribution in [2.45, 2.75) is 6.92 Å². The Labute approximate surface area is 54.0 Å². The van der Waals surface area contributed by atoms with E-state index in [9.17, 15) is 4.79 Å². The van der Waals surface area contributed by atoms with Crippen LogP contribution < -0.4 is 0 Å². The van der Waals surface area contributed by atoms with Gasteiger partial charge in [-0.1, -0.05) is 6.92 Å². The Hall–Kier alpha value is -0.610. The summed E-state index contributed by atoms with van der Waals surface area (Å²) in [6.07, 6.45) is 0. The fourth-order valence-corrected chi connectivity index (χ4v) is 0.325. The monoisotopic (exact) mass is 133 g/mol. The quantitative estimate of drug-likeness (QED) is 0.430. The third-order valence-corrected chi connectivity index (χ3v) is 0.904. The lowest BCUT2D eigenvalue weighted by atomic mass is 10.6. The van der Waals surface area contributed by atoms with Gasteiger partial charge in [-0.2, -0.15) is 5.06 Å². The van der Waals surface area contributed by atoms with E-state index in [4.69, 9.17) is 5.21 Å². The molecule has 0 aromatic carbocycles. The minimum absolute atomic E-state index is 0.0625. The summed E-state index contributed by atoms with van der Waals surface area (Å²) in [4.78, 5) is 10.4. The zero-order chi connectivity index (χ0) is 7.28. The van der Waals surface area contributed by atoms with E-state index in [0.29, 0.717) is 6.54 Å². The van der Waals surface area contributed by atoms with Gasteiger partial charge in [0.2, 0.25) is 0 Å². The standard InChI is InChI=1S/C5H11NO3/c1-3-6(8)4-5(7)9-2/h8H,3-4H2,1-2H3. The van der Waals surface area contributed by atoms with Crippen LogP contribution in [-0.4, -0.2) is 36.4 Å². The fraction of sp³-hybridized carbons (Fsp3) is 0.800. The number of carbonyl (C=O) groups excluding carboxylic acids is 1. The third-order valence-electron chi connectivity index (χ3n) is 0.904. The van der Waals surface area contributed by atoms with Crippen LogP contribution in [0, 0.1) is 0 Å². The van der Waals surface area contributed by atoms with Crippen molar-refractivity contribution in [2.24, 2.45) is 0 Å². The lowest BCUT2D eigenvalue weighted by molar-refractivity contribution is -0.155. The molecule has 0 fully saturated rings. The van der Waals surface area contributed by atoms with Gasteiger partial charge in [-0.25, -0.2) is 0 Å². The molecule has 9 heavy (non-hydrogen) atoms. The molecule has 0 aliphatic heterocycles. The average molecular weight is 133 g/mol. The third kappa shape index (κ3) is 3.93. The largest absolute Gasteiger partial charge is 0.468 e. The lowest BCUT2D eigenvalue weighted by Crippen LogP contribution is -2.26. The van der Waals surface area contributed by atoms with Gasteiger partial charge in [-0.05, 0) is 0 Å². The van der Waals surface area contributed by atoms with Crippen LogP contribution in [0.25, 0.3) is 0 Å². The zero-order valence-corrected chi connectivity index (χ0v) is 5.63. The number of hydrogen-bond donors (Lipinski definition) is 1. The van der Waals surface area contributed by atoms with Crippen molar-refractivity contribution in [1.82, 2.24) is 5.06 Å². The molecule has 0 amide bonds. The van der Waals surface area contributed by atoms with Crippen molar-refractivity contribution in [1.29, 1.82) is 0 Å². The van der Waals surface area contributed by atoms with Crippen LogP contribution in [-0.2, 0) is 9.53 Å². The molecule has 0 saturated heterocycles. The summed E-state index contributed by atoms with van der Waals surface area (Å²) in [5.74, 6) is -0.431. The van der Waals surface area contributed by atoms with Gasteiger partial charge in [0.15, 0.2) is 0 Å². The van der Waals surface area contributed by atoms with Gasteiger partial charge in [-0.15, -0.1) is 0 Å². The number of ether oxygens (including phenoxy) is 1. The second-order valence-electron chi connectivity index (χ2n) is 1.56. The van der Waals surface area contributed by atoms with Crippen molar-refractivity contribution in [3.05, 3.63) is 0 Å². The molecule has 0 heterocycles. The van der Waals surface area contributed by atoms with Gasteiger partial charge in [-0.3, -0.25) is 4.79 Å². The van der Waals surface area contributed by atoms with Crippen LogP contribution in [0.2, 0.25) is 0 Å². The normalized spacial score (nSPS) is 9.78. The Morgan fingerprint density at radius 3 is 2.67 bits per heavy atom. The lowest BCUT2D eigenvalue weighted by Gasteiger charge is -2.08. The second kappa shape index (κ2) is 4.29. The first kappa shape index (κ1) is 8.39. The molecule has 0 spiro atoms. The molecular weight excluding hydrogens is 122 g/mol. The number of carbonyl (C=O) groups is 1. The van der Waals surface area contributed by atoms with Gasteiger partial charge >= 0.3 is 5.97 Å². The van der Waals surface area contributed by atoms with Gasteiger partial charge in [0.1, 0.15) is 6.54 Å². The van der Waals surface area contributed by atoms with Crippen molar-refractivity contribution in [3.63, 3.8) is 0 Å². The second-order valence-corrected chi connectivity index (χ2v) is 1.56. The van der Waals surface area contributed by atoms with Gasteiger partial charge in [0.25, 0.3) is 0 Å². The molecule has 1 N–H and O–H groups in total.